The van der Waals surface area contributed by atoms with Crippen molar-refractivity contribution in [2.45, 2.75) is 52.4 Å². The van der Waals surface area contributed by atoms with Crippen molar-refractivity contribution in [3.63, 3.8) is 0 Å². The second kappa shape index (κ2) is 4.91. The highest BCUT2D eigenvalue weighted by atomic mass is 32.1. The Hall–Kier alpha value is -1.76. The van der Waals surface area contributed by atoms with Gasteiger partial charge in [0.25, 0.3) is 10.7 Å². The minimum Gasteiger partial charge on any atom is -0.504 e. The first-order valence-electron chi connectivity index (χ1n) is 6.68. The Kier molecular flexibility index (Phi) is 3.65. The third-order valence-electron chi connectivity index (χ3n) is 2.93. The van der Waals surface area contributed by atoms with Gasteiger partial charge in [-0.15, -0.1) is 5.10 Å². The maximum Gasteiger partial charge on any atom is 0.284 e. The Balaban J connectivity index is 2.77. The molecule has 2 N–H and O–H groups in total. The van der Waals surface area contributed by atoms with Crippen molar-refractivity contribution in [3.05, 3.63) is 16.2 Å². The summed E-state index contributed by atoms with van der Waals surface area (Å²) in [6.07, 6.45) is 0. The Bertz CT molecular complexity index is 685. The fourth-order valence-electron chi connectivity index (χ4n) is 1.92. The van der Waals surface area contributed by atoms with Crippen LogP contribution in [0.2, 0.25) is 0 Å². The van der Waals surface area contributed by atoms with Gasteiger partial charge in [0.1, 0.15) is 0 Å². The molecule has 21 heavy (non-hydrogen) atoms. The van der Waals surface area contributed by atoms with Gasteiger partial charge in [0.05, 0.1) is 11.4 Å². The van der Waals surface area contributed by atoms with Gasteiger partial charge in [-0.25, -0.2) is 15.1 Å². The van der Waals surface area contributed by atoms with E-state index >= 15 is 0 Å². The van der Waals surface area contributed by atoms with E-state index in [0.717, 1.165) is 0 Å². The van der Waals surface area contributed by atoms with Gasteiger partial charge < -0.3 is 9.52 Å². The highest BCUT2D eigenvalue weighted by Gasteiger charge is 2.30. The molecule has 0 radical (unpaired) electrons. The molecule has 0 atom stereocenters. The topological polar surface area (TPSA) is 87.8 Å². The number of aromatic nitrogens is 4. The zero-order chi connectivity index (χ0) is 16.0. The molecular formula is C14H20N4O2S. The maximum atomic E-state index is 10.5. The molecule has 0 bridgehead atoms. The summed E-state index contributed by atoms with van der Waals surface area (Å²) in [6.45, 7) is 11.9. The van der Waals surface area contributed by atoms with Crippen LogP contribution in [-0.2, 0) is 10.8 Å². The summed E-state index contributed by atoms with van der Waals surface area (Å²) in [5.74, 6) is 0.652. The number of nitrogens with one attached hydrogen (secondary N) is 1. The molecule has 2 rings (SSSR count). The Labute approximate surface area is 128 Å². The standard InChI is InChI=1S/C14H20N4O2S/c1-13(2,3)8-7(19)9(14(4,5)6)16-10(15-8)11-17-18-12(21)20-11/h19H,1-6H3,(H,18,21). The van der Waals surface area contributed by atoms with Crippen molar-refractivity contribution >= 4 is 12.2 Å². The molecule has 0 aliphatic carbocycles. The zero-order valence-corrected chi connectivity index (χ0v) is 13.9. The number of rotatable bonds is 1. The summed E-state index contributed by atoms with van der Waals surface area (Å²) in [7, 11) is 0. The summed E-state index contributed by atoms with van der Waals surface area (Å²) in [5.41, 5.74) is 0.437. The summed E-state index contributed by atoms with van der Waals surface area (Å²) >= 11 is 4.88. The minimum absolute atomic E-state index is 0.118. The van der Waals surface area contributed by atoms with Crippen LogP contribution in [0.3, 0.4) is 0 Å². The molecule has 0 spiro atoms. The fraction of sp³-hybridized carbons (Fsp3) is 0.571. The SMILES string of the molecule is CC(C)(C)c1nc(-c2n[nH]c(=S)o2)nc(C(C)(C)C)c1O. The van der Waals surface area contributed by atoms with Crippen LogP contribution >= 0.6 is 12.2 Å². The molecule has 0 saturated carbocycles. The third kappa shape index (κ3) is 3.12. The predicted molar refractivity (Wildman–Crippen MR) is 81.8 cm³/mol. The highest BCUT2D eigenvalue weighted by Crippen LogP contribution is 2.37. The number of aromatic amines is 1. The molecule has 2 heterocycles. The molecule has 2 aromatic heterocycles. The lowest BCUT2D eigenvalue weighted by Crippen LogP contribution is -2.21. The van der Waals surface area contributed by atoms with Crippen LogP contribution in [0, 0.1) is 4.84 Å². The van der Waals surface area contributed by atoms with Crippen LogP contribution < -0.4 is 0 Å². The van der Waals surface area contributed by atoms with Crippen molar-refractivity contribution in [3.8, 4) is 17.5 Å². The molecule has 0 unspecified atom stereocenters. The molecule has 0 amide bonds. The van der Waals surface area contributed by atoms with Crippen LogP contribution in [0.4, 0.5) is 0 Å². The smallest absolute Gasteiger partial charge is 0.284 e. The Morgan fingerprint density at radius 2 is 1.48 bits per heavy atom. The molecule has 2 aromatic rings. The summed E-state index contributed by atoms with van der Waals surface area (Å²) in [6, 6.07) is 0. The first-order valence-corrected chi connectivity index (χ1v) is 7.09. The molecule has 0 aliphatic rings. The van der Waals surface area contributed by atoms with Crippen molar-refractivity contribution < 1.29 is 9.52 Å². The van der Waals surface area contributed by atoms with E-state index in [1.807, 2.05) is 41.5 Å². The van der Waals surface area contributed by atoms with Crippen molar-refractivity contribution in [2.24, 2.45) is 0 Å². The third-order valence-corrected chi connectivity index (χ3v) is 3.11. The number of aromatic hydroxyl groups is 1. The lowest BCUT2D eigenvalue weighted by Gasteiger charge is -2.25. The van der Waals surface area contributed by atoms with E-state index in [9.17, 15) is 5.11 Å². The average Bonchev–Trinajstić information content (AvgIpc) is 2.73. The minimum atomic E-state index is -0.338. The molecule has 114 valence electrons. The lowest BCUT2D eigenvalue weighted by molar-refractivity contribution is 0.406. The van der Waals surface area contributed by atoms with Crippen LogP contribution in [0.1, 0.15) is 52.9 Å². The molecule has 7 heteroatoms. The highest BCUT2D eigenvalue weighted by molar-refractivity contribution is 7.71. The van der Waals surface area contributed by atoms with Crippen molar-refractivity contribution in [2.75, 3.05) is 0 Å². The fourth-order valence-corrected chi connectivity index (χ4v) is 2.05. The summed E-state index contributed by atoms with van der Waals surface area (Å²) in [4.78, 5) is 9.00. The monoisotopic (exact) mass is 308 g/mol. The first kappa shape index (κ1) is 15.6. The van der Waals surface area contributed by atoms with E-state index in [2.05, 4.69) is 20.2 Å². The molecular weight excluding hydrogens is 288 g/mol. The number of nitrogens with zero attached hydrogens (tertiary/aromatic N) is 3. The molecule has 0 aliphatic heterocycles. The predicted octanol–water partition coefficient (Wildman–Crippen LogP) is 3.49. The van der Waals surface area contributed by atoms with Gasteiger partial charge >= 0.3 is 0 Å². The largest absolute Gasteiger partial charge is 0.504 e. The molecule has 0 saturated heterocycles. The van der Waals surface area contributed by atoms with Gasteiger partial charge in [0.15, 0.2) is 5.75 Å². The van der Waals surface area contributed by atoms with E-state index in [1.165, 1.54) is 0 Å². The van der Waals surface area contributed by atoms with E-state index in [4.69, 9.17) is 16.6 Å². The van der Waals surface area contributed by atoms with E-state index in [-0.39, 0.29) is 27.3 Å². The van der Waals surface area contributed by atoms with Gasteiger partial charge in [0, 0.05) is 10.8 Å². The number of hydrogen-bond donors (Lipinski definition) is 2. The second-order valence-electron chi connectivity index (χ2n) is 7.01. The van der Waals surface area contributed by atoms with Gasteiger partial charge in [-0.1, -0.05) is 41.5 Å². The maximum absolute atomic E-state index is 10.5. The quantitative estimate of drug-likeness (QED) is 0.784. The van der Waals surface area contributed by atoms with E-state index < -0.39 is 0 Å². The molecule has 6 nitrogen and oxygen atoms in total. The number of H-pyrrole nitrogens is 1. The average molecular weight is 308 g/mol. The lowest BCUT2D eigenvalue weighted by atomic mass is 9.85. The van der Waals surface area contributed by atoms with E-state index in [0.29, 0.717) is 17.2 Å². The van der Waals surface area contributed by atoms with Gasteiger partial charge in [-0.05, 0) is 12.2 Å². The van der Waals surface area contributed by atoms with Gasteiger partial charge in [-0.2, -0.15) is 0 Å². The summed E-state index contributed by atoms with van der Waals surface area (Å²) in [5, 5.41) is 17.0. The molecule has 0 fully saturated rings. The zero-order valence-electron chi connectivity index (χ0n) is 13.1. The second-order valence-corrected chi connectivity index (χ2v) is 7.38. The van der Waals surface area contributed by atoms with Crippen LogP contribution in [-0.4, -0.2) is 25.3 Å². The van der Waals surface area contributed by atoms with E-state index in [1.54, 1.807) is 0 Å². The van der Waals surface area contributed by atoms with Crippen LogP contribution in [0.15, 0.2) is 4.42 Å². The van der Waals surface area contributed by atoms with Crippen LogP contribution in [0.25, 0.3) is 11.7 Å². The number of hydrogen-bond acceptors (Lipinski definition) is 6. The van der Waals surface area contributed by atoms with Crippen LogP contribution in [0.5, 0.6) is 5.75 Å². The van der Waals surface area contributed by atoms with Crippen molar-refractivity contribution in [1.29, 1.82) is 0 Å². The Morgan fingerprint density at radius 1 is 1.00 bits per heavy atom. The Morgan fingerprint density at radius 3 is 1.81 bits per heavy atom. The summed E-state index contributed by atoms with van der Waals surface area (Å²) < 4.78 is 5.29. The normalized spacial score (nSPS) is 12.7. The first-order chi connectivity index (χ1) is 9.50. The van der Waals surface area contributed by atoms with Crippen molar-refractivity contribution in [1.82, 2.24) is 20.2 Å². The van der Waals surface area contributed by atoms with Gasteiger partial charge in [-0.3, -0.25) is 0 Å². The molecule has 0 aromatic carbocycles. The van der Waals surface area contributed by atoms with Gasteiger partial charge in [0.2, 0.25) is 5.82 Å².